The van der Waals surface area contributed by atoms with E-state index in [9.17, 15) is 0 Å². The molecule has 17 heavy (non-hydrogen) atoms. The van der Waals surface area contributed by atoms with Crippen LogP contribution >= 0.6 is 11.6 Å². The lowest BCUT2D eigenvalue weighted by Crippen LogP contribution is -2.37. The lowest BCUT2D eigenvalue weighted by atomic mass is 10.1. The number of morpholine rings is 1. The highest BCUT2D eigenvalue weighted by molar-refractivity contribution is 6.30. The molecule has 3 rings (SSSR count). The van der Waals surface area contributed by atoms with E-state index in [-0.39, 0.29) is 0 Å². The first kappa shape index (κ1) is 11.2. The summed E-state index contributed by atoms with van der Waals surface area (Å²) in [6, 6.07) is 0. The number of hydrogen-bond acceptors (Lipinski definition) is 5. The van der Waals surface area contributed by atoms with Crippen LogP contribution in [0.3, 0.4) is 0 Å². The van der Waals surface area contributed by atoms with E-state index in [1.54, 1.807) is 0 Å². The van der Waals surface area contributed by atoms with Gasteiger partial charge in [0.25, 0.3) is 0 Å². The molecule has 6 heteroatoms. The van der Waals surface area contributed by atoms with Crippen LogP contribution in [-0.4, -0.2) is 42.9 Å². The Morgan fingerprint density at radius 2 is 1.88 bits per heavy atom. The molecule has 0 radical (unpaired) electrons. The lowest BCUT2D eigenvalue weighted by Gasteiger charge is -2.28. The van der Waals surface area contributed by atoms with Gasteiger partial charge in [-0.25, -0.2) is 9.97 Å². The van der Waals surface area contributed by atoms with E-state index < -0.39 is 0 Å². The highest BCUT2D eigenvalue weighted by atomic mass is 35.5. The van der Waals surface area contributed by atoms with Crippen molar-refractivity contribution in [3.63, 3.8) is 0 Å². The SMILES string of the molecule is Clc1nc(N2CCOCC2)nc2c1COCC2. The van der Waals surface area contributed by atoms with Crippen molar-refractivity contribution in [3.8, 4) is 0 Å². The van der Waals surface area contributed by atoms with Crippen LogP contribution < -0.4 is 4.90 Å². The van der Waals surface area contributed by atoms with Gasteiger partial charge in [0.15, 0.2) is 0 Å². The van der Waals surface area contributed by atoms with Crippen molar-refractivity contribution in [3.05, 3.63) is 16.4 Å². The van der Waals surface area contributed by atoms with Gasteiger partial charge in [0.2, 0.25) is 5.95 Å². The van der Waals surface area contributed by atoms with Crippen molar-refractivity contribution in [2.75, 3.05) is 37.8 Å². The topological polar surface area (TPSA) is 47.5 Å². The van der Waals surface area contributed by atoms with Crippen molar-refractivity contribution < 1.29 is 9.47 Å². The summed E-state index contributed by atoms with van der Waals surface area (Å²) in [7, 11) is 0. The fraction of sp³-hybridized carbons (Fsp3) is 0.636. The number of anilines is 1. The van der Waals surface area contributed by atoms with Gasteiger partial charge in [-0.2, -0.15) is 0 Å². The summed E-state index contributed by atoms with van der Waals surface area (Å²) >= 11 is 6.18. The molecule has 0 aliphatic carbocycles. The zero-order chi connectivity index (χ0) is 11.7. The molecule has 2 aliphatic rings. The van der Waals surface area contributed by atoms with Crippen LogP contribution in [0, 0.1) is 0 Å². The summed E-state index contributed by atoms with van der Waals surface area (Å²) in [6.45, 7) is 4.33. The summed E-state index contributed by atoms with van der Waals surface area (Å²) in [5.74, 6) is 0.721. The molecular weight excluding hydrogens is 242 g/mol. The predicted octanol–water partition coefficient (Wildman–Crippen LogP) is 1.04. The first-order valence-electron chi connectivity index (χ1n) is 5.80. The van der Waals surface area contributed by atoms with Crippen molar-refractivity contribution in [1.29, 1.82) is 0 Å². The minimum atomic E-state index is 0.524. The lowest BCUT2D eigenvalue weighted by molar-refractivity contribution is 0.108. The third-order valence-electron chi connectivity index (χ3n) is 3.05. The van der Waals surface area contributed by atoms with Gasteiger partial charge >= 0.3 is 0 Å². The molecule has 3 heterocycles. The maximum Gasteiger partial charge on any atom is 0.227 e. The van der Waals surface area contributed by atoms with E-state index >= 15 is 0 Å². The number of nitrogens with zero attached hydrogens (tertiary/aromatic N) is 3. The van der Waals surface area contributed by atoms with Crippen LogP contribution in [-0.2, 0) is 22.5 Å². The molecule has 0 bridgehead atoms. The number of rotatable bonds is 1. The third kappa shape index (κ3) is 2.22. The maximum absolute atomic E-state index is 6.18. The van der Waals surface area contributed by atoms with Crippen molar-refractivity contribution in [2.24, 2.45) is 0 Å². The molecule has 1 saturated heterocycles. The van der Waals surface area contributed by atoms with Gasteiger partial charge in [-0.05, 0) is 0 Å². The molecule has 0 N–H and O–H groups in total. The highest BCUT2D eigenvalue weighted by Crippen LogP contribution is 2.25. The van der Waals surface area contributed by atoms with Crippen molar-refractivity contribution in [2.45, 2.75) is 13.0 Å². The van der Waals surface area contributed by atoms with E-state index in [1.807, 2.05) is 0 Å². The fourth-order valence-electron chi connectivity index (χ4n) is 2.09. The second-order valence-corrected chi connectivity index (χ2v) is 4.50. The van der Waals surface area contributed by atoms with Crippen LogP contribution in [0.1, 0.15) is 11.3 Å². The summed E-state index contributed by atoms with van der Waals surface area (Å²) in [5, 5.41) is 0.524. The van der Waals surface area contributed by atoms with Gasteiger partial charge in [0.1, 0.15) is 5.15 Å². The van der Waals surface area contributed by atoms with Crippen LogP contribution in [0.25, 0.3) is 0 Å². The van der Waals surface area contributed by atoms with Crippen LogP contribution in [0.5, 0.6) is 0 Å². The molecule has 0 unspecified atom stereocenters. The monoisotopic (exact) mass is 255 g/mol. The Morgan fingerprint density at radius 1 is 1.06 bits per heavy atom. The Hall–Kier alpha value is -0.910. The van der Waals surface area contributed by atoms with E-state index in [0.29, 0.717) is 18.4 Å². The summed E-state index contributed by atoms with van der Waals surface area (Å²) in [4.78, 5) is 11.1. The Kier molecular flexibility index (Phi) is 3.13. The molecule has 2 aliphatic heterocycles. The fourth-order valence-corrected chi connectivity index (χ4v) is 2.32. The Bertz CT molecular complexity index is 421. The van der Waals surface area contributed by atoms with Gasteiger partial charge in [0.05, 0.1) is 32.1 Å². The minimum Gasteiger partial charge on any atom is -0.378 e. The Morgan fingerprint density at radius 3 is 2.71 bits per heavy atom. The van der Waals surface area contributed by atoms with Gasteiger partial charge < -0.3 is 14.4 Å². The third-order valence-corrected chi connectivity index (χ3v) is 3.37. The zero-order valence-electron chi connectivity index (χ0n) is 9.49. The Labute approximate surface area is 105 Å². The normalized spacial score (nSPS) is 20.2. The van der Waals surface area contributed by atoms with Gasteiger partial charge in [-0.1, -0.05) is 11.6 Å². The van der Waals surface area contributed by atoms with E-state index in [0.717, 1.165) is 49.9 Å². The molecule has 0 saturated carbocycles. The van der Waals surface area contributed by atoms with Crippen molar-refractivity contribution >= 4 is 17.5 Å². The molecule has 0 aromatic carbocycles. The number of fused-ring (bicyclic) bond motifs is 1. The molecule has 0 amide bonds. The van der Waals surface area contributed by atoms with Crippen LogP contribution in [0.4, 0.5) is 5.95 Å². The zero-order valence-corrected chi connectivity index (χ0v) is 10.2. The van der Waals surface area contributed by atoms with Crippen LogP contribution in [0.2, 0.25) is 5.15 Å². The molecule has 92 valence electrons. The summed E-state index contributed by atoms with van der Waals surface area (Å²) in [5.41, 5.74) is 1.97. The minimum absolute atomic E-state index is 0.524. The number of aromatic nitrogens is 2. The molecule has 0 spiro atoms. The number of ether oxygens (including phenoxy) is 2. The molecule has 5 nitrogen and oxygen atoms in total. The largest absolute Gasteiger partial charge is 0.378 e. The second-order valence-electron chi connectivity index (χ2n) is 4.14. The average molecular weight is 256 g/mol. The molecule has 1 aromatic heterocycles. The smallest absolute Gasteiger partial charge is 0.227 e. The maximum atomic E-state index is 6.18. The molecule has 1 fully saturated rings. The van der Waals surface area contributed by atoms with Gasteiger partial charge in [-0.15, -0.1) is 0 Å². The van der Waals surface area contributed by atoms with Gasteiger partial charge in [-0.3, -0.25) is 0 Å². The van der Waals surface area contributed by atoms with Gasteiger partial charge in [0, 0.05) is 25.1 Å². The number of hydrogen-bond donors (Lipinski definition) is 0. The second kappa shape index (κ2) is 4.76. The highest BCUT2D eigenvalue weighted by Gasteiger charge is 2.20. The average Bonchev–Trinajstić information content (AvgIpc) is 2.40. The first-order valence-corrected chi connectivity index (χ1v) is 6.18. The first-order chi connectivity index (χ1) is 8.34. The molecule has 1 aromatic rings. The quantitative estimate of drug-likeness (QED) is 0.702. The number of halogens is 1. The predicted molar refractivity (Wildman–Crippen MR) is 63.4 cm³/mol. The van der Waals surface area contributed by atoms with Crippen LogP contribution in [0.15, 0.2) is 0 Å². The van der Waals surface area contributed by atoms with E-state index in [2.05, 4.69) is 14.9 Å². The van der Waals surface area contributed by atoms with Crippen molar-refractivity contribution in [1.82, 2.24) is 9.97 Å². The summed E-state index contributed by atoms with van der Waals surface area (Å²) < 4.78 is 10.7. The Balaban J connectivity index is 1.92. The molecule has 0 atom stereocenters. The molecular formula is C11H14ClN3O2. The van der Waals surface area contributed by atoms with E-state index in [1.165, 1.54) is 0 Å². The van der Waals surface area contributed by atoms with E-state index in [4.69, 9.17) is 21.1 Å². The summed E-state index contributed by atoms with van der Waals surface area (Å²) in [6.07, 6.45) is 0.814. The standard InChI is InChI=1S/C11H14ClN3O2/c12-10-8-7-17-4-1-9(8)13-11(14-10)15-2-5-16-6-3-15/h1-7H2.